The summed E-state index contributed by atoms with van der Waals surface area (Å²) >= 11 is 1.70. The predicted molar refractivity (Wildman–Crippen MR) is 142 cm³/mol. The second-order valence-electron chi connectivity index (χ2n) is 9.78. The molecule has 2 aliphatic rings. The number of ether oxygens (including phenoxy) is 1. The van der Waals surface area contributed by atoms with Crippen LogP contribution in [-0.2, 0) is 21.2 Å². The minimum Gasteiger partial charge on any atom is -0.491 e. The first-order valence-electron chi connectivity index (χ1n) is 12.4. The maximum atomic E-state index is 13.7. The average Bonchev–Trinajstić information content (AvgIpc) is 3.55. The maximum Gasteiger partial charge on any atom is 0.243 e. The van der Waals surface area contributed by atoms with Crippen molar-refractivity contribution in [1.82, 2.24) is 9.21 Å². The molecule has 8 heteroatoms. The number of fused-ring (bicyclic) bond motifs is 1. The SMILES string of the molecule is Cc1ccc(S(=O)(=O)N(CC(=O)N2CCc3sccc3C2COc2ccccc2C)CC2CC2)cc1. The van der Waals surface area contributed by atoms with E-state index in [1.807, 2.05) is 43.0 Å². The summed E-state index contributed by atoms with van der Waals surface area (Å²) in [5.74, 6) is 0.939. The van der Waals surface area contributed by atoms with Gasteiger partial charge in [0.05, 0.1) is 17.5 Å². The summed E-state index contributed by atoms with van der Waals surface area (Å²) in [5, 5.41) is 2.06. The molecule has 190 valence electrons. The fourth-order valence-corrected chi connectivity index (χ4v) is 7.09. The third kappa shape index (κ3) is 5.36. The van der Waals surface area contributed by atoms with Gasteiger partial charge in [-0.3, -0.25) is 4.79 Å². The third-order valence-electron chi connectivity index (χ3n) is 7.03. The van der Waals surface area contributed by atoms with Gasteiger partial charge in [0.2, 0.25) is 15.9 Å². The largest absolute Gasteiger partial charge is 0.491 e. The number of rotatable bonds is 9. The molecule has 1 amide bonds. The van der Waals surface area contributed by atoms with Gasteiger partial charge in [-0.2, -0.15) is 4.31 Å². The van der Waals surface area contributed by atoms with Crippen LogP contribution in [-0.4, -0.2) is 49.8 Å². The van der Waals surface area contributed by atoms with Crippen molar-refractivity contribution in [2.75, 3.05) is 26.2 Å². The monoisotopic (exact) mass is 524 g/mol. The van der Waals surface area contributed by atoms with E-state index in [4.69, 9.17) is 4.74 Å². The molecule has 2 aromatic carbocycles. The molecule has 3 aromatic rings. The van der Waals surface area contributed by atoms with Crippen molar-refractivity contribution in [2.24, 2.45) is 5.92 Å². The predicted octanol–water partition coefficient (Wildman–Crippen LogP) is 4.97. The van der Waals surface area contributed by atoms with Crippen LogP contribution in [0.4, 0.5) is 0 Å². The lowest BCUT2D eigenvalue weighted by Gasteiger charge is -2.37. The second kappa shape index (κ2) is 10.4. The molecule has 0 radical (unpaired) electrons. The van der Waals surface area contributed by atoms with E-state index in [2.05, 4.69) is 11.4 Å². The van der Waals surface area contributed by atoms with Crippen LogP contribution in [0.1, 0.15) is 40.5 Å². The molecule has 1 fully saturated rings. The molecular formula is C28H32N2O4S2. The van der Waals surface area contributed by atoms with E-state index < -0.39 is 10.0 Å². The standard InChI is InChI=1S/C28H32N2O4S2/c1-20-7-11-23(12-8-20)36(32,33)29(17-22-9-10-22)18-28(31)30-15-13-27-24(14-16-35-27)25(30)19-34-26-6-4-3-5-21(26)2/h3-8,11-12,14,16,22,25H,9-10,13,15,17-19H2,1-2H3. The van der Waals surface area contributed by atoms with Gasteiger partial charge in [0, 0.05) is 18.0 Å². The van der Waals surface area contributed by atoms with E-state index in [0.29, 0.717) is 25.6 Å². The zero-order valence-electron chi connectivity index (χ0n) is 20.7. The number of aryl methyl sites for hydroxylation is 2. The fourth-order valence-electron chi connectivity index (χ4n) is 4.70. The van der Waals surface area contributed by atoms with Crippen LogP contribution in [0.2, 0.25) is 0 Å². The van der Waals surface area contributed by atoms with Crippen LogP contribution < -0.4 is 4.74 Å². The Morgan fingerprint density at radius 1 is 1.08 bits per heavy atom. The van der Waals surface area contributed by atoms with Crippen LogP contribution in [0, 0.1) is 19.8 Å². The highest BCUT2D eigenvalue weighted by atomic mass is 32.2. The molecule has 1 saturated carbocycles. The molecule has 36 heavy (non-hydrogen) atoms. The quantitative estimate of drug-likeness (QED) is 0.396. The van der Waals surface area contributed by atoms with Gasteiger partial charge in [-0.25, -0.2) is 8.42 Å². The van der Waals surface area contributed by atoms with Crippen LogP contribution in [0.15, 0.2) is 64.9 Å². The molecule has 5 rings (SSSR count). The van der Waals surface area contributed by atoms with E-state index in [9.17, 15) is 13.2 Å². The lowest BCUT2D eigenvalue weighted by atomic mass is 10.0. The molecule has 0 bridgehead atoms. The Morgan fingerprint density at radius 3 is 2.56 bits per heavy atom. The number of hydrogen-bond acceptors (Lipinski definition) is 5. The number of hydrogen-bond donors (Lipinski definition) is 0. The molecule has 1 aromatic heterocycles. The van der Waals surface area contributed by atoms with Crippen LogP contribution >= 0.6 is 11.3 Å². The van der Waals surface area contributed by atoms with E-state index in [0.717, 1.165) is 41.7 Å². The smallest absolute Gasteiger partial charge is 0.243 e. The maximum absolute atomic E-state index is 13.7. The highest BCUT2D eigenvalue weighted by Crippen LogP contribution is 2.35. The lowest BCUT2D eigenvalue weighted by molar-refractivity contribution is -0.135. The van der Waals surface area contributed by atoms with Gasteiger partial charge in [-0.05, 0) is 79.8 Å². The molecule has 0 saturated heterocycles. The molecule has 1 aliphatic carbocycles. The topological polar surface area (TPSA) is 66.9 Å². The molecule has 2 heterocycles. The summed E-state index contributed by atoms with van der Waals surface area (Å²) in [6, 6.07) is 16.5. The van der Waals surface area contributed by atoms with Crippen molar-refractivity contribution in [3.63, 3.8) is 0 Å². The first-order chi connectivity index (χ1) is 17.3. The van der Waals surface area contributed by atoms with Crippen LogP contribution in [0.25, 0.3) is 0 Å². The Hall–Kier alpha value is -2.68. The number of para-hydroxylation sites is 1. The average molecular weight is 525 g/mol. The van der Waals surface area contributed by atoms with Gasteiger partial charge in [0.1, 0.15) is 12.4 Å². The molecule has 0 N–H and O–H groups in total. The zero-order chi connectivity index (χ0) is 25.3. The lowest BCUT2D eigenvalue weighted by Crippen LogP contribution is -2.48. The molecule has 0 spiro atoms. The number of thiophene rings is 1. The van der Waals surface area contributed by atoms with Crippen LogP contribution in [0.3, 0.4) is 0 Å². The van der Waals surface area contributed by atoms with Crippen molar-refractivity contribution in [3.05, 3.63) is 81.5 Å². The van der Waals surface area contributed by atoms with E-state index in [1.165, 1.54) is 9.18 Å². The van der Waals surface area contributed by atoms with Crippen molar-refractivity contribution >= 4 is 27.3 Å². The molecule has 6 nitrogen and oxygen atoms in total. The van der Waals surface area contributed by atoms with E-state index in [-0.39, 0.29) is 23.4 Å². The summed E-state index contributed by atoms with van der Waals surface area (Å²) in [6.07, 6.45) is 2.78. The van der Waals surface area contributed by atoms with Crippen molar-refractivity contribution in [1.29, 1.82) is 0 Å². The summed E-state index contributed by atoms with van der Waals surface area (Å²) in [5.41, 5.74) is 3.13. The molecular weight excluding hydrogens is 492 g/mol. The van der Waals surface area contributed by atoms with Crippen LogP contribution in [0.5, 0.6) is 5.75 Å². The summed E-state index contributed by atoms with van der Waals surface area (Å²) in [6.45, 7) is 5.03. The minimum absolute atomic E-state index is 0.160. The van der Waals surface area contributed by atoms with Gasteiger partial charge in [0.25, 0.3) is 0 Å². The molecule has 1 unspecified atom stereocenters. The zero-order valence-corrected chi connectivity index (χ0v) is 22.4. The Kier molecular flexibility index (Phi) is 7.19. The first-order valence-corrected chi connectivity index (χ1v) is 14.8. The number of carbonyl (C=O) groups excluding carboxylic acids is 1. The first kappa shape index (κ1) is 25.0. The van der Waals surface area contributed by atoms with Gasteiger partial charge in [-0.15, -0.1) is 11.3 Å². The van der Waals surface area contributed by atoms with Gasteiger partial charge in [-0.1, -0.05) is 35.9 Å². The highest BCUT2D eigenvalue weighted by molar-refractivity contribution is 7.89. The number of sulfonamides is 1. The number of amides is 1. The Bertz CT molecular complexity index is 1330. The number of nitrogens with zero attached hydrogens (tertiary/aromatic N) is 2. The Morgan fingerprint density at radius 2 is 1.83 bits per heavy atom. The van der Waals surface area contributed by atoms with Crippen molar-refractivity contribution in [3.8, 4) is 5.75 Å². The Balaban J connectivity index is 1.38. The highest BCUT2D eigenvalue weighted by Gasteiger charge is 2.37. The molecule has 1 aliphatic heterocycles. The summed E-state index contributed by atoms with van der Waals surface area (Å²) < 4.78 is 34.7. The fraction of sp³-hybridized carbons (Fsp3) is 0.393. The van der Waals surface area contributed by atoms with Crippen molar-refractivity contribution in [2.45, 2.75) is 44.0 Å². The minimum atomic E-state index is -3.78. The number of benzene rings is 2. The third-order valence-corrected chi connectivity index (χ3v) is 9.86. The summed E-state index contributed by atoms with van der Waals surface area (Å²) in [7, 11) is -3.78. The second-order valence-corrected chi connectivity index (χ2v) is 12.7. The normalized spacial score (nSPS) is 17.8. The van der Waals surface area contributed by atoms with E-state index in [1.54, 1.807) is 35.6 Å². The summed E-state index contributed by atoms with van der Waals surface area (Å²) in [4.78, 5) is 17.0. The van der Waals surface area contributed by atoms with Gasteiger partial charge in [0.15, 0.2) is 0 Å². The Labute approximate surface area is 217 Å². The van der Waals surface area contributed by atoms with E-state index >= 15 is 0 Å². The van der Waals surface area contributed by atoms with Gasteiger partial charge >= 0.3 is 0 Å². The van der Waals surface area contributed by atoms with Gasteiger partial charge < -0.3 is 9.64 Å². The number of carbonyl (C=O) groups is 1. The molecule has 1 atom stereocenters. The van der Waals surface area contributed by atoms with Crippen molar-refractivity contribution < 1.29 is 17.9 Å².